The Bertz CT molecular complexity index is 2150. The van der Waals surface area contributed by atoms with Crippen LogP contribution in [-0.4, -0.2) is 33.0 Å². The zero-order valence-electron chi connectivity index (χ0n) is 29.5. The number of hydrogen-bond donors (Lipinski definition) is 2. The van der Waals surface area contributed by atoms with Crippen LogP contribution in [0, 0.1) is 6.92 Å². The lowest BCUT2D eigenvalue weighted by molar-refractivity contribution is 0.194. The summed E-state index contributed by atoms with van der Waals surface area (Å²) in [5, 5.41) is 20.2. The number of carbonyl (C=O) groups is 1. The van der Waals surface area contributed by atoms with Gasteiger partial charge in [-0.25, -0.2) is 9.48 Å². The molecule has 11 heteroatoms. The van der Waals surface area contributed by atoms with Crippen molar-refractivity contribution in [2.45, 2.75) is 66.0 Å². The summed E-state index contributed by atoms with van der Waals surface area (Å²) in [5.74, 6) is 1.04. The van der Waals surface area contributed by atoms with Crippen LogP contribution in [0.1, 0.15) is 57.7 Å². The van der Waals surface area contributed by atoms with E-state index < -0.39 is 6.03 Å². The second-order valence-corrected chi connectivity index (χ2v) is 13.2. The van der Waals surface area contributed by atoms with Crippen LogP contribution in [0.5, 0.6) is 5.75 Å². The van der Waals surface area contributed by atoms with Gasteiger partial charge >= 0.3 is 6.03 Å². The number of aromatic nitrogens is 3. The van der Waals surface area contributed by atoms with E-state index in [1.54, 1.807) is 16.0 Å². The van der Waals surface area contributed by atoms with E-state index in [2.05, 4.69) is 66.3 Å². The number of urea groups is 1. The highest BCUT2D eigenvalue weighted by Gasteiger charge is 2.21. The van der Waals surface area contributed by atoms with E-state index in [9.17, 15) is 4.79 Å². The normalized spacial score (nSPS) is 11.9. The smallest absolute Gasteiger partial charge is 0.324 e. The summed E-state index contributed by atoms with van der Waals surface area (Å²) < 4.78 is 11.6. The van der Waals surface area contributed by atoms with Crippen LogP contribution in [0.15, 0.2) is 118 Å². The van der Waals surface area contributed by atoms with Crippen LogP contribution in [0.25, 0.3) is 15.9 Å². The molecule has 0 unspecified atom stereocenters. The molecule has 0 atom stereocenters. The second kappa shape index (κ2) is 16.9. The Balaban J connectivity index is 1.45. The van der Waals surface area contributed by atoms with Gasteiger partial charge in [0.15, 0.2) is 16.3 Å². The molecule has 2 amide bonds. The first-order chi connectivity index (χ1) is 25.0. The topological polar surface area (TPSA) is 110 Å². The first kappa shape index (κ1) is 35.3. The molecule has 0 aliphatic rings. The quantitative estimate of drug-likeness (QED) is 0.0871. The maximum absolute atomic E-state index is 13.3. The zero-order valence-corrected chi connectivity index (χ0v) is 30.4. The number of thiazole rings is 1. The standard InChI is InChI=1S/C40H44N8O2S/c1-5-8-24-41-40-47(27-29-18-12-9-13-19-29)34-26-35(50-32(6-2)7-3)33(25-36(34)51-40)44-45-37-28(4)46-48(31-22-16-11-17-23-31)38(37)43-39(49)42-30-20-14-10-15-21-30/h9-23,25-26,32H,5-8,24,27H2,1-4H3,(H2,42,43,49). The molecule has 51 heavy (non-hydrogen) atoms. The lowest BCUT2D eigenvalue weighted by Gasteiger charge is -2.17. The SMILES string of the molecule is CCCCN=c1sc2cc(N=Nc3c(C)nn(-c4ccccc4)c3NC(=O)Nc3ccccc3)c(OC(CC)CC)cc2n1Cc1ccccc1. The molecule has 4 aromatic carbocycles. The van der Waals surface area contributed by atoms with Gasteiger partial charge in [-0.05, 0) is 62.1 Å². The summed E-state index contributed by atoms with van der Waals surface area (Å²) in [6.45, 7) is 9.74. The van der Waals surface area contributed by atoms with Crippen molar-refractivity contribution in [3.05, 3.63) is 119 Å². The number of carbonyl (C=O) groups excluding carboxylic acids is 1. The fourth-order valence-corrected chi connectivity index (χ4v) is 6.74. The molecule has 10 nitrogen and oxygen atoms in total. The van der Waals surface area contributed by atoms with Gasteiger partial charge < -0.3 is 14.6 Å². The molecule has 0 bridgehead atoms. The first-order valence-corrected chi connectivity index (χ1v) is 18.4. The lowest BCUT2D eigenvalue weighted by Crippen LogP contribution is -2.21. The van der Waals surface area contributed by atoms with E-state index in [0.29, 0.717) is 40.9 Å². The molecule has 0 fully saturated rings. The average molecular weight is 701 g/mol. The molecule has 0 aliphatic heterocycles. The van der Waals surface area contributed by atoms with Gasteiger partial charge in [-0.2, -0.15) is 5.10 Å². The Labute approximate surface area is 302 Å². The van der Waals surface area contributed by atoms with Gasteiger partial charge in [-0.1, -0.05) is 105 Å². The zero-order chi connectivity index (χ0) is 35.6. The van der Waals surface area contributed by atoms with Crippen molar-refractivity contribution >= 4 is 50.5 Å². The predicted octanol–water partition coefficient (Wildman–Crippen LogP) is 10.6. The number of amides is 2. The Morgan fingerprint density at radius 3 is 2.25 bits per heavy atom. The minimum absolute atomic E-state index is 0.00722. The average Bonchev–Trinajstić information content (AvgIpc) is 3.65. The van der Waals surface area contributed by atoms with E-state index >= 15 is 0 Å². The van der Waals surface area contributed by atoms with Gasteiger partial charge in [0.1, 0.15) is 11.4 Å². The largest absolute Gasteiger partial charge is 0.488 e. The number of aryl methyl sites for hydroxylation is 1. The monoisotopic (exact) mass is 700 g/mol. The third-order valence-electron chi connectivity index (χ3n) is 8.46. The third-order valence-corrected chi connectivity index (χ3v) is 9.54. The minimum atomic E-state index is -0.421. The number of unbranched alkanes of at least 4 members (excludes halogenated alkanes) is 1. The first-order valence-electron chi connectivity index (χ1n) is 17.6. The number of nitrogens with zero attached hydrogens (tertiary/aromatic N) is 6. The van der Waals surface area contributed by atoms with Gasteiger partial charge in [0.25, 0.3) is 0 Å². The molecule has 0 saturated carbocycles. The van der Waals surface area contributed by atoms with Gasteiger partial charge in [0, 0.05) is 18.3 Å². The highest BCUT2D eigenvalue weighted by atomic mass is 32.1. The number of hydrogen-bond acceptors (Lipinski definition) is 7. The summed E-state index contributed by atoms with van der Waals surface area (Å²) in [4.78, 5) is 19.3. The van der Waals surface area contributed by atoms with Crippen molar-refractivity contribution in [2.24, 2.45) is 15.2 Å². The molecular formula is C40H44N8O2S. The molecule has 6 aromatic rings. The van der Waals surface area contributed by atoms with Crippen LogP contribution >= 0.6 is 11.3 Å². The van der Waals surface area contributed by atoms with Crippen LogP contribution in [-0.2, 0) is 6.54 Å². The van der Waals surface area contributed by atoms with Crippen LogP contribution < -0.4 is 20.2 Å². The Kier molecular flexibility index (Phi) is 11.7. The molecular weight excluding hydrogens is 657 g/mol. The van der Waals surface area contributed by atoms with Gasteiger partial charge in [-0.15, -0.1) is 10.2 Å². The van der Waals surface area contributed by atoms with Crippen LogP contribution in [0.3, 0.4) is 0 Å². The molecule has 0 aliphatic carbocycles. The van der Waals surface area contributed by atoms with Crippen molar-refractivity contribution < 1.29 is 9.53 Å². The molecule has 0 saturated heterocycles. The van der Waals surface area contributed by atoms with Gasteiger partial charge in [-0.3, -0.25) is 10.3 Å². The lowest BCUT2D eigenvalue weighted by atomic mass is 10.2. The molecule has 0 spiro atoms. The number of benzene rings is 4. The molecule has 6 rings (SSSR count). The van der Waals surface area contributed by atoms with Gasteiger partial charge in [0.2, 0.25) is 0 Å². The number of ether oxygens (including phenoxy) is 1. The van der Waals surface area contributed by atoms with Crippen molar-refractivity contribution in [1.82, 2.24) is 14.3 Å². The number of nitrogens with one attached hydrogen (secondary N) is 2. The third kappa shape index (κ3) is 8.61. The molecule has 2 aromatic heterocycles. The molecule has 0 radical (unpaired) electrons. The van der Waals surface area contributed by atoms with E-state index in [1.807, 2.05) is 79.7 Å². The Morgan fingerprint density at radius 1 is 0.882 bits per heavy atom. The summed E-state index contributed by atoms with van der Waals surface area (Å²) in [5.41, 5.74) is 5.31. The minimum Gasteiger partial charge on any atom is -0.488 e. The predicted molar refractivity (Wildman–Crippen MR) is 207 cm³/mol. The van der Waals surface area contributed by atoms with Crippen molar-refractivity contribution in [1.29, 1.82) is 0 Å². The van der Waals surface area contributed by atoms with Crippen molar-refractivity contribution in [3.63, 3.8) is 0 Å². The number of rotatable bonds is 14. The second-order valence-electron chi connectivity index (χ2n) is 12.2. The van der Waals surface area contributed by atoms with E-state index in [-0.39, 0.29) is 6.10 Å². The van der Waals surface area contributed by atoms with Crippen molar-refractivity contribution in [2.75, 3.05) is 17.2 Å². The maximum Gasteiger partial charge on any atom is 0.324 e. The summed E-state index contributed by atoms with van der Waals surface area (Å²) in [7, 11) is 0. The fraction of sp³-hybridized carbons (Fsp3) is 0.275. The highest BCUT2D eigenvalue weighted by Crippen LogP contribution is 2.39. The fourth-order valence-electron chi connectivity index (χ4n) is 5.67. The van der Waals surface area contributed by atoms with E-state index in [4.69, 9.17) is 25.1 Å². The summed E-state index contributed by atoms with van der Waals surface area (Å²) in [6, 6.07) is 33.0. The molecule has 2 N–H and O–H groups in total. The summed E-state index contributed by atoms with van der Waals surface area (Å²) in [6.07, 6.45) is 3.81. The van der Waals surface area contributed by atoms with Crippen LogP contribution in [0.2, 0.25) is 0 Å². The number of anilines is 2. The van der Waals surface area contributed by atoms with E-state index in [0.717, 1.165) is 52.9 Å². The number of azo groups is 1. The molecule has 262 valence electrons. The number of fused-ring (bicyclic) bond motifs is 1. The maximum atomic E-state index is 13.3. The Morgan fingerprint density at radius 2 is 1.57 bits per heavy atom. The van der Waals surface area contributed by atoms with Gasteiger partial charge in [0.05, 0.1) is 34.2 Å². The van der Waals surface area contributed by atoms with E-state index in [1.165, 1.54) is 5.56 Å². The Hall–Kier alpha value is -5.55. The van der Waals surface area contributed by atoms with Crippen molar-refractivity contribution in [3.8, 4) is 11.4 Å². The number of para-hydroxylation sites is 2. The van der Waals surface area contributed by atoms with Crippen LogP contribution in [0.4, 0.5) is 27.7 Å². The highest BCUT2D eigenvalue weighted by molar-refractivity contribution is 7.16. The molecule has 2 heterocycles. The summed E-state index contributed by atoms with van der Waals surface area (Å²) >= 11 is 1.64.